The van der Waals surface area contributed by atoms with Crippen molar-refractivity contribution in [1.29, 1.82) is 0 Å². The third-order valence-corrected chi connectivity index (χ3v) is 4.39. The van der Waals surface area contributed by atoms with Crippen LogP contribution in [-0.4, -0.2) is 57.8 Å². The average Bonchev–Trinajstić information content (AvgIpc) is 3.06. The van der Waals surface area contributed by atoms with E-state index in [0.717, 1.165) is 5.52 Å². The molecule has 0 saturated carbocycles. The Hall–Kier alpha value is -2.00. The molecular weight excluding hydrogens is 344 g/mol. The van der Waals surface area contributed by atoms with Gasteiger partial charge in [-0.1, -0.05) is 0 Å². The van der Waals surface area contributed by atoms with E-state index in [0.29, 0.717) is 30.4 Å². The normalized spacial score (nSPS) is 11.2. The fourth-order valence-electron chi connectivity index (χ4n) is 2.14. The van der Waals surface area contributed by atoms with E-state index in [1.165, 1.54) is 16.7 Å². The average molecular weight is 368 g/mol. The number of hydrogen-bond acceptors (Lipinski definition) is 6. The summed E-state index contributed by atoms with van der Waals surface area (Å²) in [5.74, 6) is 0.0799. The van der Waals surface area contributed by atoms with E-state index in [4.69, 9.17) is 9.47 Å². The van der Waals surface area contributed by atoms with Crippen LogP contribution in [0.3, 0.4) is 0 Å². The first-order chi connectivity index (χ1) is 11.9. The number of carbonyl (C=O) groups is 1. The summed E-state index contributed by atoms with van der Waals surface area (Å²) < 4.78 is 12.7. The van der Waals surface area contributed by atoms with E-state index >= 15 is 0 Å². The number of fused-ring (bicyclic) bond motifs is 1. The number of rotatable bonds is 8. The Morgan fingerprint density at radius 3 is 2.92 bits per heavy atom. The third kappa shape index (κ3) is 4.99. The van der Waals surface area contributed by atoms with Gasteiger partial charge in [0.1, 0.15) is 11.5 Å². The highest BCUT2D eigenvalue weighted by molar-refractivity contribution is 7.99. The smallest absolute Gasteiger partial charge is 0.410 e. The van der Waals surface area contributed by atoms with Crippen molar-refractivity contribution >= 4 is 28.9 Å². The molecule has 2 aromatic rings. The molecule has 0 aromatic carbocycles. The molecule has 1 amide bonds. The van der Waals surface area contributed by atoms with Crippen molar-refractivity contribution in [2.75, 3.05) is 26.1 Å². The highest BCUT2D eigenvalue weighted by Gasteiger charge is 2.14. The summed E-state index contributed by atoms with van der Waals surface area (Å²) in [6, 6.07) is 1.83. The minimum absolute atomic E-state index is 0.0799. The molecular formula is C16H24N4O4S. The highest BCUT2D eigenvalue weighted by atomic mass is 32.2. The number of H-pyrrole nitrogens is 1. The Kier molecular flexibility index (Phi) is 6.89. The maximum atomic E-state index is 12.1. The van der Waals surface area contributed by atoms with Gasteiger partial charge in [0.2, 0.25) is 0 Å². The van der Waals surface area contributed by atoms with E-state index in [-0.39, 0.29) is 17.6 Å². The fourth-order valence-corrected chi connectivity index (χ4v) is 2.90. The van der Waals surface area contributed by atoms with Gasteiger partial charge in [-0.05, 0) is 38.6 Å². The van der Waals surface area contributed by atoms with Gasteiger partial charge in [-0.25, -0.2) is 4.79 Å². The Morgan fingerprint density at radius 1 is 1.48 bits per heavy atom. The molecule has 0 aliphatic heterocycles. The monoisotopic (exact) mass is 368 g/mol. The standard InChI is InChI=1S/C16H24N4O4S/c1-5-19(4)16(22)24-10-25-15-18-14(21)13-12(6-7-17-13)20(15)8-9-23-11(2)3/h6-7,11,17H,5,8-10H2,1-4H3. The molecule has 1 N–H and O–H groups in total. The van der Waals surface area contributed by atoms with Crippen molar-refractivity contribution in [2.24, 2.45) is 0 Å². The predicted molar refractivity (Wildman–Crippen MR) is 97.0 cm³/mol. The van der Waals surface area contributed by atoms with Crippen molar-refractivity contribution in [1.82, 2.24) is 19.4 Å². The first-order valence-corrected chi connectivity index (χ1v) is 9.12. The van der Waals surface area contributed by atoms with Crippen LogP contribution in [0.4, 0.5) is 4.79 Å². The second kappa shape index (κ2) is 8.91. The van der Waals surface area contributed by atoms with Gasteiger partial charge in [-0.3, -0.25) is 4.79 Å². The topological polar surface area (TPSA) is 89.5 Å². The Morgan fingerprint density at radius 2 is 2.24 bits per heavy atom. The molecule has 0 saturated heterocycles. The van der Waals surface area contributed by atoms with Crippen LogP contribution in [0.15, 0.2) is 22.2 Å². The summed E-state index contributed by atoms with van der Waals surface area (Å²) in [5, 5.41) is 0.497. The number of carbonyl (C=O) groups excluding carboxylic acids is 1. The van der Waals surface area contributed by atoms with Gasteiger partial charge in [0.15, 0.2) is 5.16 Å². The largest absolute Gasteiger partial charge is 0.438 e. The second-order valence-corrected chi connectivity index (χ2v) is 6.58. The number of amides is 1. The molecule has 0 unspecified atom stereocenters. The van der Waals surface area contributed by atoms with Crippen LogP contribution >= 0.6 is 11.8 Å². The van der Waals surface area contributed by atoms with Gasteiger partial charge < -0.3 is 23.9 Å². The van der Waals surface area contributed by atoms with Crippen molar-refractivity contribution in [3.05, 3.63) is 22.6 Å². The maximum Gasteiger partial charge on any atom is 0.410 e. The summed E-state index contributed by atoms with van der Waals surface area (Å²) in [7, 11) is 1.66. The fraction of sp³-hybridized carbons (Fsp3) is 0.562. The second-order valence-electron chi connectivity index (χ2n) is 5.70. The molecule has 0 aliphatic rings. The first kappa shape index (κ1) is 19.3. The van der Waals surface area contributed by atoms with Crippen LogP contribution in [0.1, 0.15) is 20.8 Å². The van der Waals surface area contributed by atoms with E-state index in [2.05, 4.69) is 9.97 Å². The van der Waals surface area contributed by atoms with E-state index in [1.807, 2.05) is 31.4 Å². The number of hydrogen-bond donors (Lipinski definition) is 1. The van der Waals surface area contributed by atoms with Crippen LogP contribution in [0.25, 0.3) is 11.0 Å². The lowest BCUT2D eigenvalue weighted by Gasteiger charge is -2.16. The van der Waals surface area contributed by atoms with Crippen LogP contribution in [-0.2, 0) is 16.0 Å². The van der Waals surface area contributed by atoms with Gasteiger partial charge in [-0.15, -0.1) is 0 Å². The van der Waals surface area contributed by atoms with Gasteiger partial charge >= 0.3 is 6.09 Å². The molecule has 0 aliphatic carbocycles. The molecule has 0 atom stereocenters. The Balaban J connectivity index is 2.16. The van der Waals surface area contributed by atoms with E-state index in [9.17, 15) is 9.59 Å². The number of thioether (sulfide) groups is 1. The lowest BCUT2D eigenvalue weighted by molar-refractivity contribution is 0.0719. The molecule has 2 heterocycles. The summed E-state index contributed by atoms with van der Waals surface area (Å²) in [5.41, 5.74) is 0.879. The molecule has 8 nitrogen and oxygen atoms in total. The highest BCUT2D eigenvalue weighted by Crippen LogP contribution is 2.19. The number of aromatic amines is 1. The summed E-state index contributed by atoms with van der Waals surface area (Å²) in [6.07, 6.45) is 1.42. The molecule has 2 rings (SSSR count). The number of ether oxygens (including phenoxy) is 2. The minimum atomic E-state index is -0.408. The van der Waals surface area contributed by atoms with Crippen LogP contribution < -0.4 is 5.56 Å². The number of nitrogens with one attached hydrogen (secondary N) is 1. The number of aromatic nitrogens is 3. The molecule has 0 bridgehead atoms. The zero-order chi connectivity index (χ0) is 18.4. The summed E-state index contributed by atoms with van der Waals surface area (Å²) >= 11 is 1.21. The van der Waals surface area contributed by atoms with Gasteiger partial charge in [0, 0.05) is 26.3 Å². The quantitative estimate of drug-likeness (QED) is 0.437. The molecule has 0 spiro atoms. The molecule has 25 heavy (non-hydrogen) atoms. The number of nitrogens with zero attached hydrogens (tertiary/aromatic N) is 3. The molecule has 9 heteroatoms. The zero-order valence-electron chi connectivity index (χ0n) is 14.9. The summed E-state index contributed by atoms with van der Waals surface area (Å²) in [4.78, 5) is 32.3. The van der Waals surface area contributed by atoms with Crippen molar-refractivity contribution < 1.29 is 14.3 Å². The first-order valence-electron chi connectivity index (χ1n) is 8.14. The van der Waals surface area contributed by atoms with Crippen molar-refractivity contribution in [3.63, 3.8) is 0 Å². The van der Waals surface area contributed by atoms with Crippen LogP contribution in [0.5, 0.6) is 0 Å². The van der Waals surface area contributed by atoms with Gasteiger partial charge in [-0.2, -0.15) is 4.98 Å². The van der Waals surface area contributed by atoms with Crippen molar-refractivity contribution in [2.45, 2.75) is 38.6 Å². The van der Waals surface area contributed by atoms with Crippen LogP contribution in [0, 0.1) is 0 Å². The predicted octanol–water partition coefficient (Wildman–Crippen LogP) is 2.29. The lowest BCUT2D eigenvalue weighted by Crippen LogP contribution is -2.27. The molecule has 0 fully saturated rings. The van der Waals surface area contributed by atoms with E-state index < -0.39 is 6.09 Å². The van der Waals surface area contributed by atoms with Crippen molar-refractivity contribution in [3.8, 4) is 0 Å². The Bertz CT molecular complexity index is 771. The molecule has 2 aromatic heterocycles. The lowest BCUT2D eigenvalue weighted by atomic mass is 10.4. The van der Waals surface area contributed by atoms with Gasteiger partial charge in [0.25, 0.3) is 5.56 Å². The van der Waals surface area contributed by atoms with E-state index in [1.54, 1.807) is 13.2 Å². The minimum Gasteiger partial charge on any atom is -0.438 e. The third-order valence-electron chi connectivity index (χ3n) is 3.58. The SMILES string of the molecule is CCN(C)C(=O)OCSc1nc(=O)c2[nH]ccc2n1CCOC(C)C. The Labute approximate surface area is 150 Å². The zero-order valence-corrected chi connectivity index (χ0v) is 15.8. The summed E-state index contributed by atoms with van der Waals surface area (Å²) in [6.45, 7) is 7.40. The molecule has 0 radical (unpaired) electrons. The molecule has 138 valence electrons. The maximum absolute atomic E-state index is 12.1. The van der Waals surface area contributed by atoms with Gasteiger partial charge in [0.05, 0.1) is 18.2 Å². The van der Waals surface area contributed by atoms with Crippen LogP contribution in [0.2, 0.25) is 0 Å².